The minimum absolute atomic E-state index is 0.0128. The van der Waals surface area contributed by atoms with E-state index in [0.717, 1.165) is 4.90 Å². The molecule has 0 radical (unpaired) electrons. The third kappa shape index (κ3) is 4.29. The zero-order chi connectivity index (χ0) is 24.7. The Balaban J connectivity index is 1.38. The molecule has 11 heteroatoms. The average molecular weight is 485 g/mol. The molecule has 35 heavy (non-hydrogen) atoms. The maximum absolute atomic E-state index is 14.7. The summed E-state index contributed by atoms with van der Waals surface area (Å²) < 4.78 is 54.5. The highest BCUT2D eigenvalue weighted by Crippen LogP contribution is 2.28. The standard InChI is InChI=1S/C24H19F4N5O2/c25-19-6-5-14(12-20-16-3-1-2-4-17(16)21(34)31-30-20)11-18(19)22(35)32-9-10-33-15(13-32)7-8-29-23(33)24(26,27)28/h1-7,11H,8-10,12-13H2,(H,31,34). The minimum atomic E-state index is -4.59. The van der Waals surface area contributed by atoms with Crippen molar-refractivity contribution in [3.63, 3.8) is 0 Å². The van der Waals surface area contributed by atoms with Crippen LogP contribution in [-0.2, 0) is 6.42 Å². The van der Waals surface area contributed by atoms with Gasteiger partial charge in [-0.2, -0.15) is 18.3 Å². The highest BCUT2D eigenvalue weighted by molar-refractivity contribution is 5.96. The lowest BCUT2D eigenvalue weighted by molar-refractivity contribution is -0.0689. The summed E-state index contributed by atoms with van der Waals surface area (Å²) in [6, 6.07) is 11.1. The van der Waals surface area contributed by atoms with Crippen LogP contribution in [0.4, 0.5) is 17.6 Å². The van der Waals surface area contributed by atoms with Gasteiger partial charge >= 0.3 is 6.18 Å². The number of carbonyl (C=O) groups is 1. The normalized spacial score (nSPS) is 16.1. The van der Waals surface area contributed by atoms with Gasteiger partial charge in [-0.25, -0.2) is 9.49 Å². The summed E-state index contributed by atoms with van der Waals surface area (Å²) in [5.74, 6) is -2.31. The van der Waals surface area contributed by atoms with E-state index in [-0.39, 0.29) is 43.7 Å². The molecule has 1 saturated heterocycles. The number of H-pyrrole nitrogens is 1. The van der Waals surface area contributed by atoms with Gasteiger partial charge in [-0.1, -0.05) is 24.3 Å². The second-order valence-electron chi connectivity index (χ2n) is 8.27. The lowest BCUT2D eigenvalue weighted by atomic mass is 10.0. The fraction of sp³-hybridized carbons (Fsp3) is 0.250. The SMILES string of the molecule is O=C(c1cc(Cc2n[nH]c(=O)c3ccccc23)ccc1F)N1CCN2C(=CCN=C2C(F)(F)F)C1. The van der Waals surface area contributed by atoms with E-state index in [9.17, 15) is 27.2 Å². The summed E-state index contributed by atoms with van der Waals surface area (Å²) in [6.07, 6.45) is -2.82. The van der Waals surface area contributed by atoms with Crippen LogP contribution in [0.2, 0.25) is 0 Å². The van der Waals surface area contributed by atoms with E-state index in [1.54, 1.807) is 24.3 Å². The number of carbonyl (C=O) groups excluding carboxylic acids is 1. The number of aromatic nitrogens is 2. The van der Waals surface area contributed by atoms with E-state index in [4.69, 9.17) is 0 Å². The average Bonchev–Trinajstić information content (AvgIpc) is 2.85. The third-order valence-corrected chi connectivity index (χ3v) is 6.07. The molecule has 0 aliphatic carbocycles. The molecule has 0 saturated carbocycles. The molecule has 1 N–H and O–H groups in total. The van der Waals surface area contributed by atoms with E-state index >= 15 is 0 Å². The largest absolute Gasteiger partial charge is 0.449 e. The molecule has 0 bridgehead atoms. The summed E-state index contributed by atoms with van der Waals surface area (Å²) in [6.45, 7) is -0.317. The van der Waals surface area contributed by atoms with Crippen LogP contribution in [0.3, 0.4) is 0 Å². The predicted octanol–water partition coefficient (Wildman–Crippen LogP) is 3.27. The number of alkyl halides is 3. The topological polar surface area (TPSA) is 81.7 Å². The van der Waals surface area contributed by atoms with Gasteiger partial charge in [0, 0.05) is 30.6 Å². The molecule has 2 aliphatic heterocycles. The third-order valence-electron chi connectivity index (χ3n) is 6.07. The van der Waals surface area contributed by atoms with Crippen molar-refractivity contribution < 1.29 is 22.4 Å². The van der Waals surface area contributed by atoms with Gasteiger partial charge in [0.1, 0.15) is 5.82 Å². The van der Waals surface area contributed by atoms with Gasteiger partial charge in [-0.05, 0) is 29.8 Å². The quantitative estimate of drug-likeness (QED) is 0.578. The van der Waals surface area contributed by atoms with Crippen molar-refractivity contribution in [2.45, 2.75) is 12.6 Å². The molecule has 3 aromatic rings. The van der Waals surface area contributed by atoms with Gasteiger partial charge in [0.05, 0.1) is 29.7 Å². The first-order valence-electron chi connectivity index (χ1n) is 10.8. The molecular weight excluding hydrogens is 466 g/mol. The number of rotatable bonds is 3. The van der Waals surface area contributed by atoms with E-state index in [0.29, 0.717) is 27.7 Å². The van der Waals surface area contributed by atoms with E-state index < -0.39 is 23.7 Å². The molecule has 0 unspecified atom stereocenters. The van der Waals surface area contributed by atoms with Gasteiger partial charge in [-0.15, -0.1) is 0 Å². The van der Waals surface area contributed by atoms with Crippen molar-refractivity contribution in [2.24, 2.45) is 4.99 Å². The Bertz CT molecular complexity index is 1440. The number of nitrogens with one attached hydrogen (secondary N) is 1. The van der Waals surface area contributed by atoms with Crippen LogP contribution in [0.1, 0.15) is 21.6 Å². The number of piperazine rings is 1. The summed E-state index contributed by atoms with van der Waals surface area (Å²) in [5.41, 5.74) is 0.971. The maximum Gasteiger partial charge on any atom is 0.449 e. The van der Waals surface area contributed by atoms with E-state index in [1.807, 2.05) is 0 Å². The summed E-state index contributed by atoms with van der Waals surface area (Å²) >= 11 is 0. The number of fused-ring (bicyclic) bond motifs is 2. The van der Waals surface area contributed by atoms with Crippen molar-refractivity contribution in [3.05, 3.63) is 87.2 Å². The second-order valence-corrected chi connectivity index (χ2v) is 8.27. The number of amidine groups is 1. The van der Waals surface area contributed by atoms with Crippen LogP contribution in [0.5, 0.6) is 0 Å². The zero-order valence-corrected chi connectivity index (χ0v) is 18.3. The highest BCUT2D eigenvalue weighted by Gasteiger charge is 2.43. The van der Waals surface area contributed by atoms with Gasteiger partial charge in [0.25, 0.3) is 11.5 Å². The van der Waals surface area contributed by atoms with E-state index in [2.05, 4.69) is 15.2 Å². The number of aliphatic imine (C=N–C) groups is 1. The Hall–Kier alpha value is -4.02. The van der Waals surface area contributed by atoms with Gasteiger partial charge in [0.15, 0.2) is 0 Å². The second kappa shape index (κ2) is 8.64. The van der Waals surface area contributed by atoms with Crippen molar-refractivity contribution in [2.75, 3.05) is 26.2 Å². The number of amides is 1. The van der Waals surface area contributed by atoms with Gasteiger partial charge in [-0.3, -0.25) is 14.6 Å². The molecule has 1 fully saturated rings. The number of benzene rings is 2. The molecule has 0 atom stereocenters. The van der Waals surface area contributed by atoms with Crippen LogP contribution < -0.4 is 5.56 Å². The summed E-state index contributed by atoms with van der Waals surface area (Å²) in [5, 5.41) is 7.68. The highest BCUT2D eigenvalue weighted by atomic mass is 19.4. The fourth-order valence-corrected chi connectivity index (χ4v) is 4.40. The van der Waals surface area contributed by atoms with Crippen molar-refractivity contribution in [1.29, 1.82) is 0 Å². The van der Waals surface area contributed by atoms with Crippen LogP contribution in [0.25, 0.3) is 10.8 Å². The van der Waals surface area contributed by atoms with E-state index in [1.165, 1.54) is 29.2 Å². The number of hydrogen-bond acceptors (Lipinski definition) is 5. The van der Waals surface area contributed by atoms with Crippen LogP contribution in [0, 0.1) is 5.82 Å². The first-order valence-corrected chi connectivity index (χ1v) is 10.8. The van der Waals surface area contributed by atoms with Gasteiger partial charge < -0.3 is 9.80 Å². The zero-order valence-electron chi connectivity index (χ0n) is 18.3. The first-order chi connectivity index (χ1) is 16.7. The molecule has 1 aromatic heterocycles. The van der Waals surface area contributed by atoms with Crippen LogP contribution >= 0.6 is 0 Å². The molecule has 2 aliphatic rings. The smallest absolute Gasteiger partial charge is 0.331 e. The fourth-order valence-electron chi connectivity index (χ4n) is 4.40. The lowest BCUT2D eigenvalue weighted by Gasteiger charge is -2.40. The monoisotopic (exact) mass is 485 g/mol. The van der Waals surface area contributed by atoms with Crippen molar-refractivity contribution >= 4 is 22.5 Å². The Kier molecular flexibility index (Phi) is 5.62. The summed E-state index contributed by atoms with van der Waals surface area (Å²) in [7, 11) is 0. The molecule has 5 rings (SSSR count). The van der Waals surface area contributed by atoms with Crippen LogP contribution in [0.15, 0.2) is 64.0 Å². The Labute approximate surface area is 196 Å². The molecule has 1 amide bonds. The minimum Gasteiger partial charge on any atom is -0.331 e. The molecule has 180 valence electrons. The Morgan fingerprint density at radius 2 is 1.86 bits per heavy atom. The molecule has 2 aromatic carbocycles. The number of halogens is 4. The lowest BCUT2D eigenvalue weighted by Crippen LogP contribution is -2.53. The first kappa shape index (κ1) is 22.8. The summed E-state index contributed by atoms with van der Waals surface area (Å²) in [4.78, 5) is 31.1. The van der Waals surface area contributed by atoms with Crippen molar-refractivity contribution in [3.8, 4) is 0 Å². The molecule has 7 nitrogen and oxygen atoms in total. The Morgan fingerprint density at radius 3 is 2.63 bits per heavy atom. The predicted molar refractivity (Wildman–Crippen MR) is 121 cm³/mol. The molecule has 0 spiro atoms. The number of nitrogens with zero attached hydrogens (tertiary/aromatic N) is 4. The number of aromatic amines is 1. The molecular formula is C24H19F4N5O2. The molecule has 3 heterocycles. The number of hydrogen-bond donors (Lipinski definition) is 1. The maximum atomic E-state index is 14.7. The van der Waals surface area contributed by atoms with Crippen molar-refractivity contribution in [1.82, 2.24) is 20.0 Å². The van der Waals surface area contributed by atoms with Gasteiger partial charge in [0.2, 0.25) is 5.84 Å². The van der Waals surface area contributed by atoms with Crippen LogP contribution in [-0.4, -0.2) is 64.1 Å². The Morgan fingerprint density at radius 1 is 1.09 bits per heavy atom.